The van der Waals surface area contributed by atoms with E-state index in [4.69, 9.17) is 0 Å². The van der Waals surface area contributed by atoms with Gasteiger partial charge in [0.25, 0.3) is 11.8 Å². The summed E-state index contributed by atoms with van der Waals surface area (Å²) in [5.41, 5.74) is 5.42. The van der Waals surface area contributed by atoms with E-state index >= 15 is 0 Å². The second-order valence-corrected chi connectivity index (χ2v) is 8.79. The third kappa shape index (κ3) is 4.38. The Morgan fingerprint density at radius 3 is 2.46 bits per heavy atom. The second kappa shape index (κ2) is 9.54. The topological polar surface area (TPSA) is 80.1 Å². The van der Waals surface area contributed by atoms with E-state index in [9.17, 15) is 9.59 Å². The van der Waals surface area contributed by atoms with Crippen molar-refractivity contribution in [3.8, 4) is 11.3 Å². The van der Waals surface area contributed by atoms with Crippen LogP contribution in [0.25, 0.3) is 11.3 Å². The highest BCUT2D eigenvalue weighted by atomic mass is 16.2. The summed E-state index contributed by atoms with van der Waals surface area (Å²) in [6, 6.07) is 28.2. The van der Waals surface area contributed by atoms with Gasteiger partial charge < -0.3 is 14.8 Å². The summed E-state index contributed by atoms with van der Waals surface area (Å²) in [4.78, 5) is 37.2. The standard InChI is InChI=1S/C30H23N5O2/c36-29(25-11-3-2-10-24(25)26-12-5-6-16-31-26)33-28-15-14-21(18-32-28)30(37)35-20-23-9-7-17-34(23)19-22-8-1-4-13-27(22)35/h1-18H,19-20H2,(H,32,33,36). The number of anilines is 2. The van der Waals surface area contributed by atoms with Gasteiger partial charge in [-0.1, -0.05) is 42.5 Å². The molecule has 4 heterocycles. The zero-order valence-corrected chi connectivity index (χ0v) is 19.9. The van der Waals surface area contributed by atoms with Crippen molar-refractivity contribution in [1.82, 2.24) is 14.5 Å². The third-order valence-corrected chi connectivity index (χ3v) is 6.48. The van der Waals surface area contributed by atoms with Crippen molar-refractivity contribution in [2.45, 2.75) is 13.1 Å². The number of aromatic nitrogens is 3. The number of hydrogen-bond acceptors (Lipinski definition) is 4. The third-order valence-electron chi connectivity index (χ3n) is 6.48. The van der Waals surface area contributed by atoms with E-state index in [0.717, 1.165) is 22.5 Å². The lowest BCUT2D eigenvalue weighted by Gasteiger charge is -2.22. The SMILES string of the molecule is O=C(Nc1ccc(C(=O)N2Cc3cccn3Cc3ccccc32)cn1)c1ccccc1-c1ccccn1. The average molecular weight is 486 g/mol. The highest BCUT2D eigenvalue weighted by Crippen LogP contribution is 2.29. The first-order valence-electron chi connectivity index (χ1n) is 12.0. The summed E-state index contributed by atoms with van der Waals surface area (Å²) in [6.45, 7) is 1.18. The minimum atomic E-state index is -0.296. The molecule has 180 valence electrons. The van der Waals surface area contributed by atoms with Crippen LogP contribution in [0.2, 0.25) is 0 Å². The summed E-state index contributed by atoms with van der Waals surface area (Å²) in [7, 11) is 0. The van der Waals surface area contributed by atoms with Crippen LogP contribution in [-0.4, -0.2) is 26.3 Å². The predicted molar refractivity (Wildman–Crippen MR) is 142 cm³/mol. The highest BCUT2D eigenvalue weighted by Gasteiger charge is 2.25. The molecule has 37 heavy (non-hydrogen) atoms. The Morgan fingerprint density at radius 2 is 1.62 bits per heavy atom. The molecule has 0 spiro atoms. The minimum absolute atomic E-state index is 0.145. The van der Waals surface area contributed by atoms with Gasteiger partial charge in [-0.15, -0.1) is 0 Å². The summed E-state index contributed by atoms with van der Waals surface area (Å²) >= 11 is 0. The molecule has 6 rings (SSSR count). The maximum absolute atomic E-state index is 13.6. The smallest absolute Gasteiger partial charge is 0.260 e. The Kier molecular flexibility index (Phi) is 5.78. The fourth-order valence-corrected chi connectivity index (χ4v) is 4.63. The fraction of sp³-hybridized carbons (Fsp3) is 0.0667. The second-order valence-electron chi connectivity index (χ2n) is 8.79. The first-order chi connectivity index (χ1) is 18.2. The Bertz CT molecular complexity index is 1590. The maximum Gasteiger partial charge on any atom is 0.260 e. The summed E-state index contributed by atoms with van der Waals surface area (Å²) in [5, 5.41) is 2.84. The molecule has 5 aromatic rings. The molecule has 1 aliphatic heterocycles. The zero-order valence-electron chi connectivity index (χ0n) is 19.9. The summed E-state index contributed by atoms with van der Waals surface area (Å²) < 4.78 is 2.16. The number of para-hydroxylation sites is 1. The van der Waals surface area contributed by atoms with Gasteiger partial charge in [-0.3, -0.25) is 14.6 Å². The average Bonchev–Trinajstić information content (AvgIpc) is 3.32. The number of benzene rings is 2. The van der Waals surface area contributed by atoms with Gasteiger partial charge in [-0.25, -0.2) is 4.98 Å². The Morgan fingerprint density at radius 1 is 0.784 bits per heavy atom. The molecular weight excluding hydrogens is 462 g/mol. The number of amides is 2. The van der Waals surface area contributed by atoms with Crippen molar-refractivity contribution in [1.29, 1.82) is 0 Å². The van der Waals surface area contributed by atoms with Crippen LogP contribution < -0.4 is 10.2 Å². The molecule has 3 aromatic heterocycles. The summed E-state index contributed by atoms with van der Waals surface area (Å²) in [5.74, 6) is -0.0782. The highest BCUT2D eigenvalue weighted by molar-refractivity contribution is 6.09. The molecule has 0 saturated carbocycles. The van der Waals surface area contributed by atoms with E-state index in [2.05, 4.69) is 19.9 Å². The first-order valence-corrected chi connectivity index (χ1v) is 12.0. The maximum atomic E-state index is 13.6. The minimum Gasteiger partial charge on any atom is -0.345 e. The van der Waals surface area contributed by atoms with Crippen LogP contribution in [0, 0.1) is 0 Å². The van der Waals surface area contributed by atoms with E-state index in [1.807, 2.05) is 79.0 Å². The molecule has 2 aromatic carbocycles. The van der Waals surface area contributed by atoms with E-state index in [1.54, 1.807) is 29.3 Å². The van der Waals surface area contributed by atoms with Gasteiger partial charge in [-0.05, 0) is 54.1 Å². The number of nitrogens with zero attached hydrogens (tertiary/aromatic N) is 4. The molecule has 2 amide bonds. The molecule has 7 nitrogen and oxygen atoms in total. The quantitative estimate of drug-likeness (QED) is 0.369. The zero-order chi connectivity index (χ0) is 25.2. The largest absolute Gasteiger partial charge is 0.345 e. The van der Waals surface area contributed by atoms with E-state index in [0.29, 0.717) is 35.7 Å². The van der Waals surface area contributed by atoms with Crippen molar-refractivity contribution in [2.75, 3.05) is 10.2 Å². The van der Waals surface area contributed by atoms with Crippen LogP contribution in [0.3, 0.4) is 0 Å². The molecule has 7 heteroatoms. The number of carbonyl (C=O) groups excluding carboxylic acids is 2. The molecule has 0 aliphatic carbocycles. The van der Waals surface area contributed by atoms with Crippen LogP contribution in [-0.2, 0) is 13.1 Å². The summed E-state index contributed by atoms with van der Waals surface area (Å²) in [6.07, 6.45) is 5.24. The number of pyridine rings is 2. The Hall–Kier alpha value is -5.04. The van der Waals surface area contributed by atoms with Crippen LogP contribution >= 0.6 is 0 Å². The number of carbonyl (C=O) groups is 2. The normalized spacial score (nSPS) is 12.3. The molecule has 0 bridgehead atoms. The molecule has 1 N–H and O–H groups in total. The predicted octanol–water partition coefficient (Wildman–Crippen LogP) is 5.41. The van der Waals surface area contributed by atoms with Gasteiger partial charge in [0.1, 0.15) is 5.82 Å². The Balaban J connectivity index is 1.24. The number of nitrogens with one attached hydrogen (secondary N) is 1. The van der Waals surface area contributed by atoms with Crippen molar-refractivity contribution in [3.63, 3.8) is 0 Å². The molecule has 0 radical (unpaired) electrons. The van der Waals surface area contributed by atoms with Crippen molar-refractivity contribution >= 4 is 23.3 Å². The van der Waals surface area contributed by atoms with Crippen LogP contribution in [0.15, 0.2) is 110 Å². The van der Waals surface area contributed by atoms with E-state index in [-0.39, 0.29) is 11.8 Å². The van der Waals surface area contributed by atoms with Gasteiger partial charge in [0.15, 0.2) is 0 Å². The molecular formula is C30H23N5O2. The number of hydrogen-bond donors (Lipinski definition) is 1. The Labute approximate surface area is 214 Å². The lowest BCUT2D eigenvalue weighted by atomic mass is 10.0. The van der Waals surface area contributed by atoms with Crippen molar-refractivity contribution in [2.24, 2.45) is 0 Å². The number of fused-ring (bicyclic) bond motifs is 2. The van der Waals surface area contributed by atoms with Gasteiger partial charge in [0.2, 0.25) is 0 Å². The monoisotopic (exact) mass is 485 g/mol. The van der Waals surface area contributed by atoms with Gasteiger partial charge in [0, 0.05) is 47.6 Å². The van der Waals surface area contributed by atoms with Crippen LogP contribution in [0.1, 0.15) is 32.0 Å². The molecule has 0 saturated heterocycles. The van der Waals surface area contributed by atoms with Crippen molar-refractivity contribution < 1.29 is 9.59 Å². The van der Waals surface area contributed by atoms with Gasteiger partial charge >= 0.3 is 0 Å². The molecule has 0 atom stereocenters. The molecule has 0 unspecified atom stereocenters. The number of rotatable bonds is 4. The van der Waals surface area contributed by atoms with Crippen LogP contribution in [0.4, 0.5) is 11.5 Å². The van der Waals surface area contributed by atoms with Crippen LogP contribution in [0.5, 0.6) is 0 Å². The fourth-order valence-electron chi connectivity index (χ4n) is 4.63. The molecule has 1 aliphatic rings. The van der Waals surface area contributed by atoms with Gasteiger partial charge in [0.05, 0.1) is 17.8 Å². The first kappa shape index (κ1) is 22.4. The van der Waals surface area contributed by atoms with Gasteiger partial charge in [-0.2, -0.15) is 0 Å². The van der Waals surface area contributed by atoms with Crippen molar-refractivity contribution in [3.05, 3.63) is 132 Å². The molecule has 0 fully saturated rings. The van der Waals surface area contributed by atoms with E-state index in [1.165, 1.54) is 6.20 Å². The lowest BCUT2D eigenvalue weighted by Crippen LogP contribution is -2.30. The lowest BCUT2D eigenvalue weighted by molar-refractivity contribution is 0.0983. The van der Waals surface area contributed by atoms with E-state index < -0.39 is 0 Å².